The zero-order chi connectivity index (χ0) is 10.9. The summed E-state index contributed by atoms with van der Waals surface area (Å²) in [6.07, 6.45) is 1.78. The first-order valence-electron chi connectivity index (χ1n) is 2.87. The van der Waals surface area contributed by atoms with Crippen LogP contribution in [0, 0.1) is 0 Å². The molecule has 0 aliphatic rings. The Bertz CT molecular complexity index is 229. The second-order valence-corrected chi connectivity index (χ2v) is 1.53. The van der Waals surface area contributed by atoms with Crippen molar-refractivity contribution in [2.75, 3.05) is 0 Å². The van der Waals surface area contributed by atoms with E-state index in [0.717, 1.165) is 6.08 Å². The molecule has 0 rings (SSSR count). The van der Waals surface area contributed by atoms with Gasteiger partial charge in [0, 0.05) is 12.2 Å². The molecule has 0 saturated heterocycles. The van der Waals surface area contributed by atoms with Crippen LogP contribution in [0.3, 0.4) is 0 Å². The fourth-order valence-corrected chi connectivity index (χ4v) is 0.139. The summed E-state index contributed by atoms with van der Waals surface area (Å²) in [7, 11) is 0. The van der Waals surface area contributed by atoms with E-state index in [1.165, 1.54) is 0 Å². The summed E-state index contributed by atoms with van der Waals surface area (Å²) in [6.45, 7) is 2.96. The normalized spacial score (nSPS) is 7.71. The van der Waals surface area contributed by atoms with Crippen molar-refractivity contribution < 1.29 is 59.3 Å². The van der Waals surface area contributed by atoms with E-state index in [-0.39, 0.29) is 29.6 Å². The van der Waals surface area contributed by atoms with Crippen LogP contribution < -0.4 is 34.7 Å². The molecule has 0 unspecified atom stereocenters. The van der Waals surface area contributed by atoms with Crippen molar-refractivity contribution in [3.05, 3.63) is 24.8 Å². The van der Waals surface area contributed by atoms with Crippen LogP contribution in [0.4, 0.5) is 0 Å². The van der Waals surface area contributed by atoms with Crippen molar-refractivity contribution in [3.63, 3.8) is 0 Å². The molecule has 0 heterocycles. The van der Waals surface area contributed by atoms with E-state index in [1.54, 1.807) is 0 Å². The third kappa shape index (κ3) is 30.7. The van der Waals surface area contributed by atoms with Crippen LogP contribution in [0.1, 0.15) is 0 Å². The molecule has 72 valence electrons. The van der Waals surface area contributed by atoms with Crippen LogP contribution in [0.25, 0.3) is 0 Å². The summed E-state index contributed by atoms with van der Waals surface area (Å²) >= 11 is 0. The number of hydrogen-bond acceptors (Lipinski definition) is 4. The van der Waals surface area contributed by atoms with Crippen molar-refractivity contribution in [2.45, 2.75) is 0 Å². The number of carboxylic acid groups (broad SMARTS) is 3. The zero-order valence-electron chi connectivity index (χ0n) is 7.47. The largest absolute Gasteiger partial charge is 1.00 e. The fourth-order valence-electron chi connectivity index (χ4n) is 0.139. The van der Waals surface area contributed by atoms with E-state index >= 15 is 0 Å². The Morgan fingerprint density at radius 2 is 1.43 bits per heavy atom. The second-order valence-electron chi connectivity index (χ2n) is 1.53. The molecule has 0 amide bonds. The number of rotatable bonds is 3. The Balaban J connectivity index is -0.000000177. The second kappa shape index (κ2) is 11.9. The van der Waals surface area contributed by atoms with Crippen molar-refractivity contribution >= 4 is 17.9 Å². The van der Waals surface area contributed by atoms with Crippen LogP contribution >= 0.6 is 0 Å². The van der Waals surface area contributed by atoms with Gasteiger partial charge in [0.1, 0.15) is 0 Å². The van der Waals surface area contributed by atoms with Gasteiger partial charge in [0.25, 0.3) is 0 Å². The Morgan fingerprint density at radius 1 is 1.07 bits per heavy atom. The maximum atomic E-state index is 9.53. The van der Waals surface area contributed by atoms with Gasteiger partial charge in [0.2, 0.25) is 0 Å². The Hall–Kier alpha value is -1.11. The molecule has 6 nitrogen and oxygen atoms in total. The van der Waals surface area contributed by atoms with E-state index < -0.39 is 17.9 Å². The van der Waals surface area contributed by atoms with E-state index in [0.29, 0.717) is 12.2 Å². The van der Waals surface area contributed by atoms with Gasteiger partial charge < -0.3 is 20.1 Å². The molecular weight excluding hydrogens is 203 g/mol. The van der Waals surface area contributed by atoms with Crippen molar-refractivity contribution in [1.82, 2.24) is 0 Å². The van der Waals surface area contributed by atoms with Gasteiger partial charge in [0.05, 0.1) is 5.97 Å². The minimum absolute atomic E-state index is 0. The van der Waals surface area contributed by atoms with Crippen molar-refractivity contribution in [1.29, 1.82) is 0 Å². The first-order chi connectivity index (χ1) is 5.90. The average molecular weight is 210 g/mol. The van der Waals surface area contributed by atoms with E-state index in [1.807, 2.05) is 0 Å². The summed E-state index contributed by atoms with van der Waals surface area (Å²) in [5.41, 5.74) is 0. The topological polar surface area (TPSA) is 115 Å². The van der Waals surface area contributed by atoms with E-state index in [2.05, 4.69) is 6.58 Å². The van der Waals surface area contributed by atoms with Gasteiger partial charge in [-0.3, -0.25) is 0 Å². The van der Waals surface area contributed by atoms with Crippen LogP contribution in [0.15, 0.2) is 24.8 Å². The maximum Gasteiger partial charge on any atom is 1.00 e. The van der Waals surface area contributed by atoms with Gasteiger partial charge in [-0.25, -0.2) is 9.59 Å². The smallest absolute Gasteiger partial charge is 0.545 e. The van der Waals surface area contributed by atoms with E-state index in [4.69, 9.17) is 10.2 Å². The summed E-state index contributed by atoms with van der Waals surface area (Å²) in [5.74, 6) is -3.79. The molecule has 0 spiro atoms. The average Bonchev–Trinajstić information content (AvgIpc) is 2.02. The van der Waals surface area contributed by atoms with Gasteiger partial charge >= 0.3 is 41.5 Å². The minimum Gasteiger partial charge on any atom is -0.545 e. The van der Waals surface area contributed by atoms with E-state index in [9.17, 15) is 19.5 Å². The van der Waals surface area contributed by atoms with Gasteiger partial charge in [0.15, 0.2) is 0 Å². The SMILES string of the molecule is C=CC(=O)O.O=C([O-])C=CC(=O)O.[Na+]. The van der Waals surface area contributed by atoms with Crippen LogP contribution in [0.5, 0.6) is 0 Å². The van der Waals surface area contributed by atoms with Crippen molar-refractivity contribution in [3.8, 4) is 0 Å². The molecule has 0 atom stereocenters. The van der Waals surface area contributed by atoms with Crippen LogP contribution in [-0.2, 0) is 14.4 Å². The Morgan fingerprint density at radius 3 is 1.50 bits per heavy atom. The molecule has 0 aliphatic carbocycles. The molecule has 0 aromatic heterocycles. The number of carboxylic acids is 3. The molecule has 0 aromatic rings. The maximum absolute atomic E-state index is 9.53. The molecule has 0 aromatic carbocycles. The van der Waals surface area contributed by atoms with Gasteiger partial charge in [-0.15, -0.1) is 0 Å². The first kappa shape index (κ1) is 18.6. The van der Waals surface area contributed by atoms with Gasteiger partial charge in [-0.1, -0.05) is 6.58 Å². The number of aliphatic carboxylic acids is 3. The summed E-state index contributed by atoms with van der Waals surface area (Å²) in [6, 6.07) is 0. The monoisotopic (exact) mass is 210 g/mol. The molecule has 0 saturated carbocycles. The molecule has 2 N–H and O–H groups in total. The van der Waals surface area contributed by atoms with Crippen LogP contribution in [-0.4, -0.2) is 28.1 Å². The molecule has 0 fully saturated rings. The standard InChI is InChI=1S/C4H4O4.C3H4O2.Na/c5-3(6)1-2-4(7)8;1-2-3(4)5;/h1-2H,(H,5,6)(H,7,8);2H,1H2,(H,4,5);/q;;+1/p-1. The van der Waals surface area contributed by atoms with Gasteiger partial charge in [-0.05, 0) is 6.08 Å². The molecule has 0 bridgehead atoms. The number of hydrogen-bond donors (Lipinski definition) is 2. The minimum atomic E-state index is -1.51. The number of carbonyl (C=O) groups excluding carboxylic acids is 1. The first-order valence-corrected chi connectivity index (χ1v) is 2.87. The molecule has 7 heteroatoms. The molecule has 0 aliphatic heterocycles. The molecule has 14 heavy (non-hydrogen) atoms. The predicted molar refractivity (Wildman–Crippen MR) is 39.6 cm³/mol. The zero-order valence-corrected chi connectivity index (χ0v) is 9.47. The quantitative estimate of drug-likeness (QED) is 0.359. The Labute approximate surface area is 102 Å². The Kier molecular flexibility index (Phi) is 15.8. The van der Waals surface area contributed by atoms with Crippen LogP contribution in [0.2, 0.25) is 0 Å². The predicted octanol–water partition coefficient (Wildman–Crippen LogP) is -4.36. The summed E-state index contributed by atoms with van der Waals surface area (Å²) in [4.78, 5) is 28.2. The third-order valence-electron chi connectivity index (χ3n) is 0.537. The summed E-state index contributed by atoms with van der Waals surface area (Å²) < 4.78 is 0. The molecule has 0 radical (unpaired) electrons. The van der Waals surface area contributed by atoms with Gasteiger partial charge in [-0.2, -0.15) is 0 Å². The third-order valence-corrected chi connectivity index (χ3v) is 0.537. The summed E-state index contributed by atoms with van der Waals surface area (Å²) in [5, 5.41) is 24.8. The van der Waals surface area contributed by atoms with Crippen molar-refractivity contribution in [2.24, 2.45) is 0 Å². The fraction of sp³-hybridized carbons (Fsp3) is 0. The number of carbonyl (C=O) groups is 3. The molecular formula is C7H7NaO6.